The van der Waals surface area contributed by atoms with Crippen LogP contribution in [0.15, 0.2) is 18.3 Å². The highest BCUT2D eigenvalue weighted by Gasteiger charge is 2.33. The molecule has 3 rings (SSSR count). The third-order valence-corrected chi connectivity index (χ3v) is 4.24. The number of amides is 2. The molecule has 0 N–H and O–H groups in total. The van der Waals surface area contributed by atoms with Gasteiger partial charge in [0.15, 0.2) is 18.2 Å². The van der Waals surface area contributed by atoms with Crippen molar-refractivity contribution < 1.29 is 19.1 Å². The quantitative estimate of drug-likeness (QED) is 0.824. The zero-order chi connectivity index (χ0) is 17.1. The van der Waals surface area contributed by atoms with E-state index in [0.29, 0.717) is 37.2 Å². The van der Waals surface area contributed by atoms with Crippen LogP contribution in [0.25, 0.3) is 0 Å². The maximum Gasteiger partial charge on any atom is 0.266 e. The summed E-state index contributed by atoms with van der Waals surface area (Å²) in [4.78, 5) is 32.5. The van der Waals surface area contributed by atoms with Crippen molar-refractivity contribution in [2.45, 2.75) is 26.3 Å². The first-order chi connectivity index (χ1) is 11.6. The number of hydrogen-bond acceptors (Lipinski definition) is 5. The van der Waals surface area contributed by atoms with Gasteiger partial charge in [-0.25, -0.2) is 4.98 Å². The fourth-order valence-electron chi connectivity index (χ4n) is 3.14. The topological polar surface area (TPSA) is 72.0 Å². The Morgan fingerprint density at radius 3 is 3.08 bits per heavy atom. The van der Waals surface area contributed by atoms with Gasteiger partial charge in [0.1, 0.15) is 6.54 Å². The lowest BCUT2D eigenvalue weighted by Gasteiger charge is -2.38. The van der Waals surface area contributed by atoms with Gasteiger partial charge in [-0.15, -0.1) is 0 Å². The van der Waals surface area contributed by atoms with Crippen molar-refractivity contribution in [1.82, 2.24) is 9.88 Å². The molecule has 7 heteroatoms. The molecule has 0 saturated carbocycles. The normalized spacial score (nSPS) is 20.8. The second-order valence-electron chi connectivity index (χ2n) is 6.54. The van der Waals surface area contributed by atoms with E-state index in [9.17, 15) is 9.59 Å². The smallest absolute Gasteiger partial charge is 0.266 e. The molecule has 2 aliphatic heterocycles. The minimum atomic E-state index is -0.247. The molecular formula is C17H23N3O4. The van der Waals surface area contributed by atoms with E-state index < -0.39 is 0 Å². The summed E-state index contributed by atoms with van der Waals surface area (Å²) in [6.07, 6.45) is 2.48. The molecule has 2 amide bonds. The van der Waals surface area contributed by atoms with Crippen LogP contribution in [0.1, 0.15) is 20.3 Å². The summed E-state index contributed by atoms with van der Waals surface area (Å²) in [5, 5.41) is 0. The number of morpholine rings is 1. The molecule has 7 nitrogen and oxygen atoms in total. The van der Waals surface area contributed by atoms with Crippen molar-refractivity contribution in [3.8, 4) is 5.75 Å². The lowest BCUT2D eigenvalue weighted by Crippen LogP contribution is -2.54. The van der Waals surface area contributed by atoms with Crippen LogP contribution in [-0.2, 0) is 14.3 Å². The first-order valence-electron chi connectivity index (χ1n) is 8.31. The van der Waals surface area contributed by atoms with E-state index >= 15 is 0 Å². The minimum absolute atomic E-state index is 0.0131. The van der Waals surface area contributed by atoms with E-state index in [1.54, 1.807) is 18.3 Å². The highest BCUT2D eigenvalue weighted by atomic mass is 16.5. The standard InChI is InChI=1S/C17H23N3O4/c1-12(2)8-13-10-23-7-6-19(13)15(21)9-20-16(22)11-24-14-4-3-5-18-17(14)20/h3-5,12-13H,6-11H2,1-2H3/t13-/m0/s1. The van der Waals surface area contributed by atoms with Crippen molar-refractivity contribution in [2.24, 2.45) is 5.92 Å². The maximum absolute atomic E-state index is 12.8. The van der Waals surface area contributed by atoms with Gasteiger partial charge in [0.25, 0.3) is 5.91 Å². The molecule has 0 aromatic carbocycles. The predicted octanol–water partition coefficient (Wildman–Crippen LogP) is 1.08. The van der Waals surface area contributed by atoms with Gasteiger partial charge >= 0.3 is 0 Å². The Balaban J connectivity index is 1.75. The second-order valence-corrected chi connectivity index (χ2v) is 6.54. The first-order valence-corrected chi connectivity index (χ1v) is 8.31. The van der Waals surface area contributed by atoms with E-state index in [2.05, 4.69) is 18.8 Å². The number of nitrogens with zero attached hydrogens (tertiary/aromatic N) is 3. The van der Waals surface area contributed by atoms with Crippen LogP contribution in [0.4, 0.5) is 5.82 Å². The number of anilines is 1. The molecule has 0 spiro atoms. The van der Waals surface area contributed by atoms with Crippen molar-refractivity contribution in [1.29, 1.82) is 0 Å². The Morgan fingerprint density at radius 2 is 2.29 bits per heavy atom. The maximum atomic E-state index is 12.8. The zero-order valence-electron chi connectivity index (χ0n) is 14.1. The van der Waals surface area contributed by atoms with Gasteiger partial charge in [0.2, 0.25) is 5.91 Å². The van der Waals surface area contributed by atoms with E-state index in [-0.39, 0.29) is 31.0 Å². The second kappa shape index (κ2) is 7.17. The van der Waals surface area contributed by atoms with Gasteiger partial charge in [0.05, 0.1) is 19.3 Å². The predicted molar refractivity (Wildman–Crippen MR) is 87.9 cm³/mol. The summed E-state index contributed by atoms with van der Waals surface area (Å²) in [5.41, 5.74) is 0. The van der Waals surface area contributed by atoms with E-state index in [1.807, 2.05) is 4.90 Å². The average Bonchev–Trinajstić information content (AvgIpc) is 2.57. The zero-order valence-corrected chi connectivity index (χ0v) is 14.1. The Kier molecular flexibility index (Phi) is 4.99. The van der Waals surface area contributed by atoms with Crippen LogP contribution < -0.4 is 9.64 Å². The highest BCUT2D eigenvalue weighted by molar-refractivity contribution is 6.01. The van der Waals surface area contributed by atoms with Gasteiger partial charge in [-0.3, -0.25) is 14.5 Å². The summed E-state index contributed by atoms with van der Waals surface area (Å²) >= 11 is 0. The number of ether oxygens (including phenoxy) is 2. The number of pyridine rings is 1. The average molecular weight is 333 g/mol. The van der Waals surface area contributed by atoms with Crippen molar-refractivity contribution >= 4 is 17.6 Å². The van der Waals surface area contributed by atoms with E-state index in [4.69, 9.17) is 9.47 Å². The highest BCUT2D eigenvalue weighted by Crippen LogP contribution is 2.29. The number of fused-ring (bicyclic) bond motifs is 1. The van der Waals surface area contributed by atoms with Crippen LogP contribution in [0.2, 0.25) is 0 Å². The van der Waals surface area contributed by atoms with Gasteiger partial charge in [-0.2, -0.15) is 0 Å². The largest absolute Gasteiger partial charge is 0.480 e. The monoisotopic (exact) mass is 333 g/mol. The molecule has 24 heavy (non-hydrogen) atoms. The van der Waals surface area contributed by atoms with Gasteiger partial charge in [-0.05, 0) is 24.5 Å². The third kappa shape index (κ3) is 3.51. The lowest BCUT2D eigenvalue weighted by atomic mass is 10.0. The molecule has 0 unspecified atom stereocenters. The van der Waals surface area contributed by atoms with Crippen molar-refractivity contribution in [3.63, 3.8) is 0 Å². The molecular weight excluding hydrogens is 310 g/mol. The molecule has 1 atom stereocenters. The molecule has 2 aliphatic rings. The summed E-state index contributed by atoms with van der Waals surface area (Å²) in [6, 6.07) is 3.56. The number of aromatic nitrogens is 1. The van der Waals surface area contributed by atoms with Gasteiger partial charge in [0, 0.05) is 12.7 Å². The van der Waals surface area contributed by atoms with Gasteiger partial charge < -0.3 is 14.4 Å². The third-order valence-electron chi connectivity index (χ3n) is 4.24. The molecule has 3 heterocycles. The summed E-state index contributed by atoms with van der Waals surface area (Å²) in [7, 11) is 0. The molecule has 1 aromatic heterocycles. The Labute approximate surface area is 141 Å². The minimum Gasteiger partial charge on any atom is -0.480 e. The molecule has 0 aliphatic carbocycles. The molecule has 0 radical (unpaired) electrons. The number of carbonyl (C=O) groups is 2. The van der Waals surface area contributed by atoms with Crippen molar-refractivity contribution in [3.05, 3.63) is 18.3 Å². The fraction of sp³-hybridized carbons (Fsp3) is 0.588. The van der Waals surface area contributed by atoms with Crippen LogP contribution in [-0.4, -0.2) is 60.7 Å². The lowest BCUT2D eigenvalue weighted by molar-refractivity contribution is -0.140. The molecule has 1 aromatic rings. The molecule has 1 saturated heterocycles. The molecule has 0 bridgehead atoms. The van der Waals surface area contributed by atoms with Crippen LogP contribution >= 0.6 is 0 Å². The van der Waals surface area contributed by atoms with E-state index in [1.165, 1.54) is 4.90 Å². The number of carbonyl (C=O) groups excluding carboxylic acids is 2. The SMILES string of the molecule is CC(C)C[C@H]1COCCN1C(=O)CN1C(=O)COc2cccnc21. The summed E-state index contributed by atoms with van der Waals surface area (Å²) in [6.45, 7) is 5.82. The Hall–Kier alpha value is -2.15. The number of hydrogen-bond donors (Lipinski definition) is 0. The summed E-state index contributed by atoms with van der Waals surface area (Å²) < 4.78 is 10.9. The molecule has 1 fully saturated rings. The van der Waals surface area contributed by atoms with Crippen LogP contribution in [0.3, 0.4) is 0 Å². The summed E-state index contributed by atoms with van der Waals surface area (Å²) in [5.74, 6) is 1.10. The Morgan fingerprint density at radius 1 is 1.46 bits per heavy atom. The van der Waals surface area contributed by atoms with Crippen LogP contribution in [0, 0.1) is 5.92 Å². The number of rotatable bonds is 4. The fourth-order valence-corrected chi connectivity index (χ4v) is 3.14. The van der Waals surface area contributed by atoms with Crippen molar-refractivity contribution in [2.75, 3.05) is 37.8 Å². The first kappa shape index (κ1) is 16.7. The van der Waals surface area contributed by atoms with Gasteiger partial charge in [-0.1, -0.05) is 13.8 Å². The Bertz CT molecular complexity index is 620. The molecule has 130 valence electrons. The van der Waals surface area contributed by atoms with Crippen LogP contribution in [0.5, 0.6) is 5.75 Å². The van der Waals surface area contributed by atoms with E-state index in [0.717, 1.165) is 6.42 Å².